The zero-order valence-corrected chi connectivity index (χ0v) is 9.34. The first-order chi connectivity index (χ1) is 6.53. The van der Waals surface area contributed by atoms with Gasteiger partial charge in [0.05, 0.1) is 5.41 Å². The largest absolute Gasteiger partial charge is 0.481 e. The van der Waals surface area contributed by atoms with Gasteiger partial charge >= 0.3 is 5.97 Å². The summed E-state index contributed by atoms with van der Waals surface area (Å²) in [6.45, 7) is 3.85. The number of carboxylic acid groups (broad SMARTS) is 1. The third-order valence-electron chi connectivity index (χ3n) is 4.00. The van der Waals surface area contributed by atoms with Gasteiger partial charge in [0, 0.05) is 6.04 Å². The Bertz CT molecular complexity index is 211. The van der Waals surface area contributed by atoms with Crippen LogP contribution in [0.3, 0.4) is 0 Å². The van der Waals surface area contributed by atoms with Crippen molar-refractivity contribution in [2.24, 2.45) is 11.3 Å². The van der Waals surface area contributed by atoms with Crippen molar-refractivity contribution >= 4 is 5.97 Å². The molecule has 0 saturated heterocycles. The average molecular weight is 199 g/mol. The number of hydrogen-bond donors (Lipinski definition) is 2. The molecule has 0 bridgehead atoms. The van der Waals surface area contributed by atoms with Gasteiger partial charge in [-0.05, 0) is 39.7 Å². The molecule has 2 N–H and O–H groups in total. The minimum atomic E-state index is -0.661. The molecule has 3 nitrogen and oxygen atoms in total. The highest BCUT2D eigenvalue weighted by Crippen LogP contribution is 2.42. The molecule has 0 radical (unpaired) electrons. The molecule has 0 heterocycles. The highest BCUT2D eigenvalue weighted by atomic mass is 16.4. The van der Waals surface area contributed by atoms with Gasteiger partial charge in [0.15, 0.2) is 0 Å². The van der Waals surface area contributed by atoms with Crippen LogP contribution >= 0.6 is 0 Å². The molecule has 1 aliphatic carbocycles. The lowest BCUT2D eigenvalue weighted by atomic mass is 9.71. The van der Waals surface area contributed by atoms with Crippen LogP contribution in [0.1, 0.15) is 39.5 Å². The standard InChI is InChI=1S/C11H21NO2/c1-8(12-3)11(2,10(13)14)9-6-4-5-7-9/h8-9,12H,4-7H2,1-3H3,(H,13,14). The van der Waals surface area contributed by atoms with Crippen molar-refractivity contribution < 1.29 is 9.90 Å². The number of carboxylic acids is 1. The SMILES string of the molecule is CNC(C)C(C)(C(=O)O)C1CCCC1. The summed E-state index contributed by atoms with van der Waals surface area (Å²) in [6.07, 6.45) is 4.50. The molecule has 3 heteroatoms. The molecule has 1 aliphatic rings. The summed E-state index contributed by atoms with van der Waals surface area (Å²) >= 11 is 0. The lowest BCUT2D eigenvalue weighted by Gasteiger charge is -2.36. The smallest absolute Gasteiger partial charge is 0.311 e. The highest BCUT2D eigenvalue weighted by Gasteiger charge is 2.46. The van der Waals surface area contributed by atoms with Crippen molar-refractivity contribution in [1.29, 1.82) is 0 Å². The first kappa shape index (κ1) is 11.5. The summed E-state index contributed by atoms with van der Waals surface area (Å²) in [5.41, 5.74) is -0.606. The highest BCUT2D eigenvalue weighted by molar-refractivity contribution is 5.75. The fourth-order valence-electron chi connectivity index (χ4n) is 2.54. The maximum Gasteiger partial charge on any atom is 0.311 e. The van der Waals surface area contributed by atoms with E-state index in [1.807, 2.05) is 20.9 Å². The maximum atomic E-state index is 11.4. The van der Waals surface area contributed by atoms with Crippen molar-refractivity contribution in [3.05, 3.63) is 0 Å². The summed E-state index contributed by atoms with van der Waals surface area (Å²) in [5.74, 6) is -0.325. The minimum absolute atomic E-state index is 0.0306. The van der Waals surface area contributed by atoms with E-state index in [1.165, 1.54) is 12.8 Å². The zero-order valence-electron chi connectivity index (χ0n) is 9.34. The molecule has 0 aromatic heterocycles. The Morgan fingerprint density at radius 3 is 2.36 bits per heavy atom. The molecular formula is C11H21NO2. The van der Waals surface area contributed by atoms with Crippen LogP contribution in [0.25, 0.3) is 0 Å². The summed E-state index contributed by atoms with van der Waals surface area (Å²) in [5, 5.41) is 12.4. The molecule has 0 aromatic carbocycles. The van der Waals surface area contributed by atoms with E-state index in [-0.39, 0.29) is 6.04 Å². The summed E-state index contributed by atoms with van der Waals surface area (Å²) in [7, 11) is 1.83. The van der Waals surface area contributed by atoms with E-state index in [4.69, 9.17) is 0 Å². The van der Waals surface area contributed by atoms with Gasteiger partial charge in [-0.1, -0.05) is 12.8 Å². The van der Waals surface area contributed by atoms with E-state index < -0.39 is 11.4 Å². The summed E-state index contributed by atoms with van der Waals surface area (Å²) < 4.78 is 0. The van der Waals surface area contributed by atoms with Gasteiger partial charge in [0.25, 0.3) is 0 Å². The van der Waals surface area contributed by atoms with Crippen LogP contribution in [0.5, 0.6) is 0 Å². The Hall–Kier alpha value is -0.570. The van der Waals surface area contributed by atoms with Gasteiger partial charge in [-0.15, -0.1) is 0 Å². The third kappa shape index (κ3) is 1.78. The topological polar surface area (TPSA) is 49.3 Å². The maximum absolute atomic E-state index is 11.4. The lowest BCUT2D eigenvalue weighted by Crippen LogP contribution is -2.49. The number of rotatable bonds is 4. The second kappa shape index (κ2) is 4.30. The van der Waals surface area contributed by atoms with Crippen LogP contribution in [-0.2, 0) is 4.79 Å². The number of hydrogen-bond acceptors (Lipinski definition) is 2. The van der Waals surface area contributed by atoms with Gasteiger partial charge in [-0.3, -0.25) is 4.79 Å². The van der Waals surface area contributed by atoms with Gasteiger partial charge < -0.3 is 10.4 Å². The Morgan fingerprint density at radius 1 is 1.50 bits per heavy atom. The molecule has 1 fully saturated rings. The fraction of sp³-hybridized carbons (Fsp3) is 0.909. The monoisotopic (exact) mass is 199 g/mol. The molecule has 82 valence electrons. The Balaban J connectivity index is 2.84. The van der Waals surface area contributed by atoms with Crippen LogP contribution in [0.4, 0.5) is 0 Å². The molecule has 2 atom stereocenters. The van der Waals surface area contributed by atoms with Crippen molar-refractivity contribution in [2.45, 2.75) is 45.6 Å². The number of nitrogens with one attached hydrogen (secondary N) is 1. The van der Waals surface area contributed by atoms with Crippen molar-refractivity contribution in [2.75, 3.05) is 7.05 Å². The van der Waals surface area contributed by atoms with Crippen LogP contribution in [0, 0.1) is 11.3 Å². The molecule has 14 heavy (non-hydrogen) atoms. The molecule has 0 aliphatic heterocycles. The van der Waals surface area contributed by atoms with E-state index in [9.17, 15) is 9.90 Å². The first-order valence-corrected chi connectivity index (χ1v) is 5.44. The van der Waals surface area contributed by atoms with Crippen molar-refractivity contribution in [3.63, 3.8) is 0 Å². The van der Waals surface area contributed by atoms with Crippen molar-refractivity contribution in [1.82, 2.24) is 5.32 Å². The normalized spacial score (nSPS) is 24.5. The minimum Gasteiger partial charge on any atom is -0.481 e. The van der Waals surface area contributed by atoms with Crippen LogP contribution in [0.2, 0.25) is 0 Å². The Morgan fingerprint density at radius 2 is 2.00 bits per heavy atom. The Labute approximate surface area is 85.9 Å². The van der Waals surface area contributed by atoms with Crippen molar-refractivity contribution in [3.8, 4) is 0 Å². The fourth-order valence-corrected chi connectivity index (χ4v) is 2.54. The van der Waals surface area contributed by atoms with E-state index in [1.54, 1.807) is 0 Å². The van der Waals surface area contributed by atoms with E-state index in [0.29, 0.717) is 5.92 Å². The van der Waals surface area contributed by atoms with Gasteiger partial charge in [-0.25, -0.2) is 0 Å². The third-order valence-corrected chi connectivity index (χ3v) is 4.00. The predicted molar refractivity (Wildman–Crippen MR) is 56.2 cm³/mol. The van der Waals surface area contributed by atoms with Crippen LogP contribution in [0.15, 0.2) is 0 Å². The van der Waals surface area contributed by atoms with E-state index in [2.05, 4.69) is 5.32 Å². The molecular weight excluding hydrogens is 178 g/mol. The quantitative estimate of drug-likeness (QED) is 0.726. The average Bonchev–Trinajstić information content (AvgIpc) is 2.68. The molecule has 0 aromatic rings. The predicted octanol–water partition coefficient (Wildman–Crippen LogP) is 1.88. The van der Waals surface area contributed by atoms with Gasteiger partial charge in [-0.2, -0.15) is 0 Å². The van der Waals surface area contributed by atoms with Crippen LogP contribution < -0.4 is 5.32 Å². The number of carbonyl (C=O) groups is 1. The first-order valence-electron chi connectivity index (χ1n) is 5.44. The number of aliphatic carboxylic acids is 1. The van der Waals surface area contributed by atoms with E-state index >= 15 is 0 Å². The lowest BCUT2D eigenvalue weighted by molar-refractivity contribution is -0.153. The molecule has 0 spiro atoms. The summed E-state index contributed by atoms with van der Waals surface area (Å²) in [4.78, 5) is 11.4. The van der Waals surface area contributed by atoms with E-state index in [0.717, 1.165) is 12.8 Å². The zero-order chi connectivity index (χ0) is 10.8. The molecule has 2 unspecified atom stereocenters. The van der Waals surface area contributed by atoms with Gasteiger partial charge in [0.1, 0.15) is 0 Å². The van der Waals surface area contributed by atoms with Crippen LogP contribution in [-0.4, -0.2) is 24.2 Å². The second-order valence-electron chi connectivity index (χ2n) is 4.58. The second-order valence-corrected chi connectivity index (χ2v) is 4.58. The molecule has 0 amide bonds. The summed E-state index contributed by atoms with van der Waals surface area (Å²) in [6, 6.07) is 0.0306. The molecule has 1 rings (SSSR count). The van der Waals surface area contributed by atoms with Gasteiger partial charge in [0.2, 0.25) is 0 Å². The Kier molecular flexibility index (Phi) is 3.53. The molecule has 1 saturated carbocycles.